The minimum Gasteiger partial charge on any atom is -0.437 e. The summed E-state index contributed by atoms with van der Waals surface area (Å²) in [6, 6.07) is 7.94. The molecule has 0 saturated heterocycles. The van der Waals surface area contributed by atoms with E-state index in [9.17, 15) is 0 Å². The van der Waals surface area contributed by atoms with Gasteiger partial charge in [0.15, 0.2) is 0 Å². The van der Waals surface area contributed by atoms with Crippen LogP contribution in [-0.4, -0.2) is 17.0 Å². The number of aromatic nitrogens is 2. The number of nitrogens with one attached hydrogen (secondary N) is 1. The second kappa shape index (κ2) is 5.55. The lowest BCUT2D eigenvalue weighted by atomic mass is 10.3. The second-order valence-corrected chi connectivity index (χ2v) is 6.08. The van der Waals surface area contributed by atoms with Gasteiger partial charge in [-0.25, -0.2) is 4.98 Å². The van der Waals surface area contributed by atoms with Gasteiger partial charge in [-0.2, -0.15) is 4.98 Å². The van der Waals surface area contributed by atoms with Crippen molar-refractivity contribution in [2.45, 2.75) is 25.7 Å². The molecule has 2 aromatic rings. The maximum atomic E-state index is 6.00. The van der Waals surface area contributed by atoms with Gasteiger partial charge in [0, 0.05) is 13.0 Å². The Labute approximate surface area is 132 Å². The molecule has 5 heteroatoms. The highest BCUT2D eigenvalue weighted by atomic mass is 127. The van der Waals surface area contributed by atoms with Gasteiger partial charge in [0.05, 0.1) is 9.13 Å². The van der Waals surface area contributed by atoms with Crippen LogP contribution in [0, 0.1) is 10.5 Å². The van der Waals surface area contributed by atoms with E-state index in [2.05, 4.69) is 37.9 Å². The number of para-hydroxylation sites is 1. The molecule has 3 rings (SSSR count). The van der Waals surface area contributed by atoms with E-state index in [1.54, 1.807) is 0 Å². The number of halogens is 1. The maximum Gasteiger partial charge on any atom is 0.227 e. The van der Waals surface area contributed by atoms with Crippen LogP contribution in [0.15, 0.2) is 24.3 Å². The first-order chi connectivity index (χ1) is 9.69. The lowest BCUT2D eigenvalue weighted by Gasteiger charge is -2.13. The number of ether oxygens (including phenoxy) is 1. The summed E-state index contributed by atoms with van der Waals surface area (Å²) < 4.78 is 7.07. The first kappa shape index (κ1) is 13.6. The quantitative estimate of drug-likeness (QED) is 0.811. The Kier molecular flexibility index (Phi) is 3.78. The summed E-state index contributed by atoms with van der Waals surface area (Å²) in [7, 11) is 1.88. The lowest BCUT2D eigenvalue weighted by Crippen LogP contribution is -2.05. The molecule has 1 fully saturated rings. The van der Waals surface area contributed by atoms with Gasteiger partial charge < -0.3 is 10.1 Å². The van der Waals surface area contributed by atoms with Crippen molar-refractivity contribution in [1.82, 2.24) is 9.97 Å². The molecule has 0 aliphatic heterocycles. The van der Waals surface area contributed by atoms with E-state index in [-0.39, 0.29) is 0 Å². The van der Waals surface area contributed by atoms with Gasteiger partial charge in [0.1, 0.15) is 17.4 Å². The van der Waals surface area contributed by atoms with Crippen LogP contribution in [0.25, 0.3) is 0 Å². The predicted octanol–water partition coefficient (Wildman–Crippen LogP) is 4.10. The van der Waals surface area contributed by atoms with Crippen molar-refractivity contribution in [2.24, 2.45) is 0 Å². The Morgan fingerprint density at radius 2 is 2.00 bits per heavy atom. The van der Waals surface area contributed by atoms with E-state index < -0.39 is 0 Å². The van der Waals surface area contributed by atoms with Crippen molar-refractivity contribution >= 4 is 28.4 Å². The van der Waals surface area contributed by atoms with Gasteiger partial charge in [-0.1, -0.05) is 12.1 Å². The van der Waals surface area contributed by atoms with Crippen LogP contribution < -0.4 is 10.1 Å². The van der Waals surface area contributed by atoms with E-state index in [4.69, 9.17) is 4.74 Å². The summed E-state index contributed by atoms with van der Waals surface area (Å²) in [5.74, 6) is 3.72. The highest BCUT2D eigenvalue weighted by Gasteiger charge is 2.28. The highest BCUT2D eigenvalue weighted by molar-refractivity contribution is 14.1. The van der Waals surface area contributed by atoms with E-state index in [0.29, 0.717) is 11.8 Å². The van der Waals surface area contributed by atoms with Crippen molar-refractivity contribution in [3.05, 3.63) is 39.2 Å². The van der Waals surface area contributed by atoms with Crippen LogP contribution in [0.4, 0.5) is 5.82 Å². The molecule has 1 heterocycles. The molecule has 1 aliphatic carbocycles. The normalized spacial score (nSPS) is 14.2. The van der Waals surface area contributed by atoms with Crippen LogP contribution in [0.5, 0.6) is 11.6 Å². The first-order valence-electron chi connectivity index (χ1n) is 6.67. The van der Waals surface area contributed by atoms with E-state index in [1.165, 1.54) is 12.8 Å². The van der Waals surface area contributed by atoms with Crippen LogP contribution >= 0.6 is 22.6 Å². The topological polar surface area (TPSA) is 47.0 Å². The zero-order chi connectivity index (χ0) is 14.1. The minimum absolute atomic E-state index is 0.500. The summed E-state index contributed by atoms with van der Waals surface area (Å²) in [5.41, 5.74) is 0.941. The Morgan fingerprint density at radius 3 is 2.65 bits per heavy atom. The average Bonchev–Trinajstić information content (AvgIpc) is 3.28. The van der Waals surface area contributed by atoms with Crippen molar-refractivity contribution in [1.29, 1.82) is 0 Å². The van der Waals surface area contributed by atoms with Crippen LogP contribution in [0.3, 0.4) is 0 Å². The largest absolute Gasteiger partial charge is 0.437 e. The maximum absolute atomic E-state index is 6.00. The third-order valence-electron chi connectivity index (χ3n) is 3.34. The van der Waals surface area contributed by atoms with E-state index >= 15 is 0 Å². The highest BCUT2D eigenvalue weighted by Crippen LogP contribution is 2.40. The van der Waals surface area contributed by atoms with E-state index in [0.717, 1.165) is 26.5 Å². The molecule has 0 bridgehead atoms. The van der Waals surface area contributed by atoms with Crippen molar-refractivity contribution < 1.29 is 4.74 Å². The van der Waals surface area contributed by atoms with Gasteiger partial charge in [-0.15, -0.1) is 0 Å². The standard InChI is InChI=1S/C15H16IN3O/c1-9-13(17-2)18-14(10-7-8-10)19-15(9)20-12-6-4-3-5-11(12)16/h3-6,10H,7-8H2,1-2H3,(H,17,18,19). The average molecular weight is 381 g/mol. The van der Waals surface area contributed by atoms with Crippen LogP contribution in [-0.2, 0) is 0 Å². The fourth-order valence-electron chi connectivity index (χ4n) is 2.01. The third-order valence-corrected chi connectivity index (χ3v) is 4.23. The molecule has 0 amide bonds. The van der Waals surface area contributed by atoms with Crippen LogP contribution in [0.1, 0.15) is 30.1 Å². The van der Waals surface area contributed by atoms with Crippen molar-refractivity contribution in [3.8, 4) is 11.6 Å². The molecule has 0 spiro atoms. The molecule has 4 nitrogen and oxygen atoms in total. The summed E-state index contributed by atoms with van der Waals surface area (Å²) in [5, 5.41) is 3.13. The summed E-state index contributed by atoms with van der Waals surface area (Å²) >= 11 is 2.27. The number of rotatable bonds is 4. The molecule has 0 radical (unpaired) electrons. The number of benzene rings is 1. The van der Waals surface area contributed by atoms with Gasteiger partial charge in [-0.3, -0.25) is 0 Å². The van der Waals surface area contributed by atoms with Gasteiger partial charge in [0.25, 0.3) is 0 Å². The second-order valence-electron chi connectivity index (χ2n) is 4.92. The van der Waals surface area contributed by atoms with Crippen molar-refractivity contribution in [3.63, 3.8) is 0 Å². The van der Waals surface area contributed by atoms with Crippen molar-refractivity contribution in [2.75, 3.05) is 12.4 Å². The molecule has 1 aromatic heterocycles. The number of anilines is 1. The fraction of sp³-hybridized carbons (Fsp3) is 0.333. The number of nitrogens with zero attached hydrogens (tertiary/aromatic N) is 2. The smallest absolute Gasteiger partial charge is 0.227 e. The Morgan fingerprint density at radius 1 is 1.25 bits per heavy atom. The summed E-state index contributed by atoms with van der Waals surface area (Å²) in [6.07, 6.45) is 2.35. The zero-order valence-electron chi connectivity index (χ0n) is 11.5. The minimum atomic E-state index is 0.500. The first-order valence-corrected chi connectivity index (χ1v) is 7.75. The Balaban J connectivity index is 1.99. The molecule has 0 atom stereocenters. The summed E-state index contributed by atoms with van der Waals surface area (Å²) in [4.78, 5) is 9.18. The summed E-state index contributed by atoms with van der Waals surface area (Å²) in [6.45, 7) is 1.98. The molecule has 1 N–H and O–H groups in total. The molecular weight excluding hydrogens is 365 g/mol. The van der Waals surface area contributed by atoms with Crippen LogP contribution in [0.2, 0.25) is 0 Å². The molecular formula is C15H16IN3O. The Bertz CT molecular complexity index is 641. The zero-order valence-corrected chi connectivity index (χ0v) is 13.6. The molecule has 1 saturated carbocycles. The monoisotopic (exact) mass is 381 g/mol. The predicted molar refractivity (Wildman–Crippen MR) is 87.5 cm³/mol. The molecule has 104 valence electrons. The van der Waals surface area contributed by atoms with Gasteiger partial charge >= 0.3 is 0 Å². The lowest BCUT2D eigenvalue weighted by molar-refractivity contribution is 0.452. The Hall–Kier alpha value is -1.37. The van der Waals surface area contributed by atoms with Gasteiger partial charge in [0.2, 0.25) is 5.88 Å². The fourth-order valence-corrected chi connectivity index (χ4v) is 2.51. The molecule has 0 unspecified atom stereocenters. The molecule has 1 aromatic carbocycles. The third kappa shape index (κ3) is 2.72. The number of hydrogen-bond donors (Lipinski definition) is 1. The number of hydrogen-bond acceptors (Lipinski definition) is 4. The SMILES string of the molecule is CNc1nc(C2CC2)nc(Oc2ccccc2I)c1C. The van der Waals surface area contributed by atoms with E-state index in [1.807, 2.05) is 38.2 Å². The molecule has 1 aliphatic rings. The van der Waals surface area contributed by atoms with Gasteiger partial charge in [-0.05, 0) is 54.5 Å². The molecule has 20 heavy (non-hydrogen) atoms.